The molecule has 0 atom stereocenters. The fourth-order valence-electron chi connectivity index (χ4n) is 1.72. The predicted molar refractivity (Wildman–Crippen MR) is 73.3 cm³/mol. The van der Waals surface area contributed by atoms with Crippen LogP contribution in [0.15, 0.2) is 24.3 Å². The molecule has 1 fully saturated rings. The molecule has 1 saturated heterocycles. The number of hydrogen-bond donors (Lipinski definition) is 1. The van der Waals surface area contributed by atoms with E-state index in [4.69, 9.17) is 4.74 Å². The van der Waals surface area contributed by atoms with E-state index in [0.717, 1.165) is 30.2 Å². The van der Waals surface area contributed by atoms with Crippen molar-refractivity contribution in [1.82, 2.24) is 5.32 Å². The third-order valence-corrected chi connectivity index (χ3v) is 4.77. The number of nitrogens with one attached hydrogen (secondary N) is 1. The van der Waals surface area contributed by atoms with E-state index >= 15 is 0 Å². The average Bonchev–Trinajstić information content (AvgIpc) is 2.46. The first-order valence-electron chi connectivity index (χ1n) is 5.95. The molecule has 1 aromatic carbocycles. The highest BCUT2D eigenvalue weighted by Crippen LogP contribution is 2.13. The van der Waals surface area contributed by atoms with E-state index < -0.39 is 4.92 Å². The number of carbonyl (C=O) groups excluding carboxylic acids is 1. The van der Waals surface area contributed by atoms with E-state index in [0.29, 0.717) is 0 Å². The summed E-state index contributed by atoms with van der Waals surface area (Å²) in [6.07, 6.45) is 0. The topological polar surface area (TPSA) is 81.5 Å². The van der Waals surface area contributed by atoms with Gasteiger partial charge in [-0.2, -0.15) is 4.79 Å². The van der Waals surface area contributed by atoms with Crippen molar-refractivity contribution in [3.63, 3.8) is 0 Å². The molecule has 0 unspecified atom stereocenters. The molecular weight excluding hydrogens is 268 g/mol. The van der Waals surface area contributed by atoms with Crippen LogP contribution < -0.4 is 5.32 Å². The minimum absolute atomic E-state index is 0.0373. The Morgan fingerprint density at radius 1 is 1.32 bits per heavy atom. The number of carbonyl (C=O) groups is 1. The summed E-state index contributed by atoms with van der Waals surface area (Å²) in [5.41, 5.74) is 0.799. The van der Waals surface area contributed by atoms with Gasteiger partial charge in [0.25, 0.3) is 5.69 Å². The van der Waals surface area contributed by atoms with Crippen LogP contribution in [0.4, 0.5) is 10.5 Å². The quantitative estimate of drug-likeness (QED) is 0.393. The Balaban J connectivity index is 1.84. The second kappa shape index (κ2) is 6.53. The lowest BCUT2D eigenvalue weighted by molar-refractivity contribution is -0.384. The number of rotatable bonds is 3. The van der Waals surface area contributed by atoms with Gasteiger partial charge in [-0.25, -0.2) is 0 Å². The van der Waals surface area contributed by atoms with Gasteiger partial charge in [-0.05, 0) is 17.7 Å². The van der Waals surface area contributed by atoms with Crippen molar-refractivity contribution in [3.05, 3.63) is 39.9 Å². The number of nitrogens with zero attached hydrogens (tertiary/aromatic N) is 1. The third kappa shape index (κ3) is 3.93. The second-order valence-electron chi connectivity index (χ2n) is 4.11. The van der Waals surface area contributed by atoms with Crippen molar-refractivity contribution in [1.29, 1.82) is 0 Å². The second-order valence-corrected chi connectivity index (χ2v) is 6.25. The first-order chi connectivity index (χ1) is 9.16. The van der Waals surface area contributed by atoms with Crippen molar-refractivity contribution < 1.29 is 14.5 Å². The number of non-ortho nitro benzene ring substituents is 1. The smallest absolute Gasteiger partial charge is 0.421 e. The summed E-state index contributed by atoms with van der Waals surface area (Å²) in [7, 11) is -0.307. The number of nitro groups is 1. The molecule has 2 rings (SSSR count). The van der Waals surface area contributed by atoms with Gasteiger partial charge in [-0.3, -0.25) is 10.1 Å². The lowest BCUT2D eigenvalue weighted by atomic mass is 10.2. The van der Waals surface area contributed by atoms with Gasteiger partial charge in [0, 0.05) is 25.2 Å². The van der Waals surface area contributed by atoms with Crippen molar-refractivity contribution in [2.24, 2.45) is 0 Å². The molecule has 19 heavy (non-hydrogen) atoms. The SMILES string of the molecule is O=C(OCc1ccc([N+](=O)[O-])cc1)[S+]1CCNCC1. The zero-order chi connectivity index (χ0) is 13.7. The Hall–Kier alpha value is -1.60. The van der Waals surface area contributed by atoms with Crippen LogP contribution in [0.25, 0.3) is 0 Å². The molecule has 1 N–H and O–H groups in total. The van der Waals surface area contributed by atoms with Crippen LogP contribution in [0.2, 0.25) is 0 Å². The summed E-state index contributed by atoms with van der Waals surface area (Å²) in [5.74, 6) is 1.66. The maximum atomic E-state index is 11.8. The molecule has 0 aromatic heterocycles. The lowest BCUT2D eigenvalue weighted by Gasteiger charge is -2.12. The van der Waals surface area contributed by atoms with E-state index in [1.165, 1.54) is 12.1 Å². The van der Waals surface area contributed by atoms with Crippen molar-refractivity contribution in [2.75, 3.05) is 24.6 Å². The van der Waals surface area contributed by atoms with Gasteiger partial charge in [0.15, 0.2) is 0 Å². The number of benzene rings is 1. The van der Waals surface area contributed by atoms with E-state index in [-0.39, 0.29) is 28.5 Å². The minimum atomic E-state index is -0.452. The van der Waals surface area contributed by atoms with Gasteiger partial charge in [0.1, 0.15) is 29.0 Å². The molecule has 0 spiro atoms. The minimum Gasteiger partial charge on any atom is -0.421 e. The lowest BCUT2D eigenvalue weighted by Crippen LogP contribution is -2.39. The van der Waals surface area contributed by atoms with Crippen molar-refractivity contribution >= 4 is 21.9 Å². The third-order valence-electron chi connectivity index (χ3n) is 2.79. The Labute approximate surface area is 113 Å². The molecule has 1 aliphatic rings. The van der Waals surface area contributed by atoms with Gasteiger partial charge in [0.2, 0.25) is 0 Å². The standard InChI is InChI=1S/C12H15N2O4S/c15-12(19-7-5-13-6-8-19)18-9-10-1-3-11(4-2-10)14(16)17/h1-4,13H,5-9H2/q+1. The average molecular weight is 283 g/mol. The highest BCUT2D eigenvalue weighted by Gasteiger charge is 2.32. The van der Waals surface area contributed by atoms with E-state index in [2.05, 4.69) is 5.32 Å². The fourth-order valence-corrected chi connectivity index (χ4v) is 3.27. The van der Waals surface area contributed by atoms with E-state index in [1.54, 1.807) is 12.1 Å². The molecule has 6 nitrogen and oxygen atoms in total. The summed E-state index contributed by atoms with van der Waals surface area (Å²) >= 11 is 0. The molecule has 0 saturated carbocycles. The predicted octanol–water partition coefficient (Wildman–Crippen LogP) is 1.45. The van der Waals surface area contributed by atoms with E-state index in [1.807, 2.05) is 0 Å². The fraction of sp³-hybridized carbons (Fsp3) is 0.417. The molecule has 0 amide bonds. The molecule has 1 aliphatic heterocycles. The van der Waals surface area contributed by atoms with Crippen LogP contribution in [0, 0.1) is 10.1 Å². The van der Waals surface area contributed by atoms with Gasteiger partial charge in [0.05, 0.1) is 4.92 Å². The van der Waals surface area contributed by atoms with Crippen LogP contribution in [0.5, 0.6) is 0 Å². The maximum Gasteiger partial charge on any atom is 0.525 e. The monoisotopic (exact) mass is 283 g/mol. The summed E-state index contributed by atoms with van der Waals surface area (Å²) < 4.78 is 5.24. The zero-order valence-corrected chi connectivity index (χ0v) is 11.1. The Morgan fingerprint density at radius 2 is 1.95 bits per heavy atom. The number of nitro benzene ring substituents is 1. The number of ether oxygens (including phenoxy) is 1. The summed E-state index contributed by atoms with van der Waals surface area (Å²) in [4.78, 5) is 21.8. The molecule has 102 valence electrons. The van der Waals surface area contributed by atoms with Gasteiger partial charge in [-0.15, -0.1) is 0 Å². The largest absolute Gasteiger partial charge is 0.525 e. The summed E-state index contributed by atoms with van der Waals surface area (Å²) in [6.45, 7) is 1.89. The molecule has 0 radical (unpaired) electrons. The van der Waals surface area contributed by atoms with Crippen LogP contribution in [-0.2, 0) is 22.2 Å². The highest BCUT2D eigenvalue weighted by molar-refractivity contribution is 8.10. The Kier molecular flexibility index (Phi) is 4.75. The van der Waals surface area contributed by atoms with Crippen LogP contribution in [0.1, 0.15) is 5.56 Å². The van der Waals surface area contributed by atoms with Crippen molar-refractivity contribution in [3.8, 4) is 0 Å². The first kappa shape index (κ1) is 13.8. The molecule has 0 bridgehead atoms. The first-order valence-corrected chi connectivity index (χ1v) is 7.51. The van der Waals surface area contributed by atoms with Gasteiger partial charge >= 0.3 is 5.30 Å². The van der Waals surface area contributed by atoms with Crippen molar-refractivity contribution in [2.45, 2.75) is 6.61 Å². The van der Waals surface area contributed by atoms with Gasteiger partial charge in [-0.1, -0.05) is 0 Å². The molecule has 1 aromatic rings. The van der Waals surface area contributed by atoms with Crippen LogP contribution in [0.3, 0.4) is 0 Å². The van der Waals surface area contributed by atoms with E-state index in [9.17, 15) is 14.9 Å². The Bertz CT molecular complexity index is 457. The van der Waals surface area contributed by atoms with Gasteiger partial charge < -0.3 is 10.1 Å². The summed E-state index contributed by atoms with van der Waals surface area (Å²) in [5, 5.41) is 13.5. The molecule has 0 aliphatic carbocycles. The maximum absolute atomic E-state index is 11.8. The molecule has 1 heterocycles. The normalized spacial score (nSPS) is 16.0. The molecule has 7 heteroatoms. The number of hydrogen-bond acceptors (Lipinski definition) is 5. The molecular formula is C12H15N2O4S+. The zero-order valence-electron chi connectivity index (χ0n) is 10.3. The van der Waals surface area contributed by atoms with Crippen LogP contribution >= 0.6 is 0 Å². The summed E-state index contributed by atoms with van der Waals surface area (Å²) in [6, 6.07) is 6.04. The Morgan fingerprint density at radius 3 is 2.53 bits per heavy atom. The van der Waals surface area contributed by atoms with Crippen LogP contribution in [-0.4, -0.2) is 34.8 Å². The highest BCUT2D eigenvalue weighted by atomic mass is 32.2.